The number of carbonyl (C=O) groups is 1. The van der Waals surface area contributed by atoms with Crippen LogP contribution < -0.4 is 5.32 Å². The quantitative estimate of drug-likeness (QED) is 0.944. The Morgan fingerprint density at radius 2 is 2.14 bits per heavy atom. The fourth-order valence-electron chi connectivity index (χ4n) is 3.14. The molecule has 1 aliphatic heterocycles. The highest BCUT2D eigenvalue weighted by molar-refractivity contribution is 7.13. The number of aromatic nitrogens is 1. The smallest absolute Gasteiger partial charge is 0.273 e. The van der Waals surface area contributed by atoms with Crippen molar-refractivity contribution in [2.45, 2.75) is 25.2 Å². The maximum atomic E-state index is 12.7. The van der Waals surface area contributed by atoms with Crippen LogP contribution in [0, 0.1) is 0 Å². The van der Waals surface area contributed by atoms with E-state index in [-0.39, 0.29) is 11.3 Å². The lowest BCUT2D eigenvalue weighted by molar-refractivity contribution is 0.0646. The van der Waals surface area contributed by atoms with Crippen molar-refractivity contribution in [1.82, 2.24) is 9.88 Å². The second-order valence-corrected chi connectivity index (χ2v) is 6.90. The first kappa shape index (κ1) is 15.0. The molecule has 1 aliphatic rings. The van der Waals surface area contributed by atoms with Crippen molar-refractivity contribution in [1.29, 1.82) is 0 Å². The minimum absolute atomic E-state index is 0.0248. The van der Waals surface area contributed by atoms with Gasteiger partial charge in [-0.15, -0.1) is 11.3 Å². The number of thiazole rings is 1. The summed E-state index contributed by atoms with van der Waals surface area (Å²) in [4.78, 5) is 19.0. The van der Waals surface area contributed by atoms with Gasteiger partial charge in [0.1, 0.15) is 5.69 Å². The SMILES string of the molecule is CNc1nc(C(=O)N2CCC[C@](C)(c3ccccc3)C2)cs1. The zero-order valence-corrected chi connectivity index (χ0v) is 13.8. The van der Waals surface area contributed by atoms with Crippen molar-refractivity contribution in [2.24, 2.45) is 0 Å². The standard InChI is InChI=1S/C17H21N3OS/c1-17(13-7-4-3-5-8-13)9-6-10-20(12-17)15(21)14-11-22-16(18-2)19-14/h3-5,7-8,11H,6,9-10,12H2,1-2H3,(H,18,19)/t17-/m0/s1. The first-order valence-electron chi connectivity index (χ1n) is 7.60. The first-order chi connectivity index (χ1) is 10.6. The van der Waals surface area contributed by atoms with Crippen LogP contribution in [0.15, 0.2) is 35.7 Å². The summed E-state index contributed by atoms with van der Waals surface area (Å²) in [6.45, 7) is 3.82. The van der Waals surface area contributed by atoms with Crippen LogP contribution in [-0.2, 0) is 5.41 Å². The number of nitrogens with zero attached hydrogens (tertiary/aromatic N) is 2. The number of hydrogen-bond donors (Lipinski definition) is 1. The van der Waals surface area contributed by atoms with E-state index in [4.69, 9.17) is 0 Å². The van der Waals surface area contributed by atoms with Crippen molar-refractivity contribution in [3.05, 3.63) is 47.0 Å². The van der Waals surface area contributed by atoms with Crippen LogP contribution in [0.3, 0.4) is 0 Å². The predicted molar refractivity (Wildman–Crippen MR) is 90.6 cm³/mol. The number of hydrogen-bond acceptors (Lipinski definition) is 4. The van der Waals surface area contributed by atoms with Crippen LogP contribution in [0.25, 0.3) is 0 Å². The molecule has 5 heteroatoms. The largest absolute Gasteiger partial charge is 0.365 e. The average Bonchev–Trinajstić information content (AvgIpc) is 3.04. The van der Waals surface area contributed by atoms with Gasteiger partial charge in [0.05, 0.1) is 0 Å². The summed E-state index contributed by atoms with van der Waals surface area (Å²) >= 11 is 1.47. The molecule has 1 aromatic carbocycles. The lowest BCUT2D eigenvalue weighted by Gasteiger charge is -2.40. The van der Waals surface area contributed by atoms with E-state index in [1.807, 2.05) is 23.4 Å². The van der Waals surface area contributed by atoms with Gasteiger partial charge in [-0.05, 0) is 18.4 Å². The van der Waals surface area contributed by atoms with E-state index in [2.05, 4.69) is 41.5 Å². The Kier molecular flexibility index (Phi) is 4.16. The molecule has 4 nitrogen and oxygen atoms in total. The molecule has 0 bridgehead atoms. The summed E-state index contributed by atoms with van der Waals surface area (Å²) in [6, 6.07) is 10.5. The molecule has 3 rings (SSSR count). The number of nitrogens with one attached hydrogen (secondary N) is 1. The van der Waals surface area contributed by atoms with E-state index in [0.717, 1.165) is 31.1 Å². The Labute approximate surface area is 135 Å². The summed E-state index contributed by atoms with van der Waals surface area (Å²) in [5, 5.41) is 5.60. The average molecular weight is 315 g/mol. The van der Waals surface area contributed by atoms with Crippen LogP contribution in [0.4, 0.5) is 5.13 Å². The number of anilines is 1. The number of amides is 1. The molecule has 1 fully saturated rings. The van der Waals surface area contributed by atoms with Crippen molar-refractivity contribution in [3.63, 3.8) is 0 Å². The molecule has 1 amide bonds. The maximum Gasteiger partial charge on any atom is 0.273 e. The van der Waals surface area contributed by atoms with Crippen LogP contribution in [-0.4, -0.2) is 35.9 Å². The molecule has 2 aromatic rings. The Hall–Kier alpha value is -1.88. The number of rotatable bonds is 3. The third-order valence-corrected chi connectivity index (χ3v) is 5.25. The van der Waals surface area contributed by atoms with Gasteiger partial charge in [-0.1, -0.05) is 37.3 Å². The van der Waals surface area contributed by atoms with Gasteiger partial charge in [0.2, 0.25) is 0 Å². The molecule has 1 aromatic heterocycles. The molecule has 0 saturated carbocycles. The summed E-state index contributed by atoms with van der Waals surface area (Å²) in [6.07, 6.45) is 2.14. The van der Waals surface area contributed by atoms with Crippen molar-refractivity contribution in [3.8, 4) is 0 Å². The highest BCUT2D eigenvalue weighted by atomic mass is 32.1. The third-order valence-electron chi connectivity index (χ3n) is 4.39. The van der Waals surface area contributed by atoms with E-state index in [1.165, 1.54) is 16.9 Å². The number of likely N-dealkylation sites (tertiary alicyclic amines) is 1. The zero-order valence-electron chi connectivity index (χ0n) is 13.0. The van der Waals surface area contributed by atoms with Gasteiger partial charge < -0.3 is 10.2 Å². The molecule has 1 atom stereocenters. The highest BCUT2D eigenvalue weighted by Gasteiger charge is 2.35. The lowest BCUT2D eigenvalue weighted by atomic mass is 9.76. The summed E-state index contributed by atoms with van der Waals surface area (Å²) < 4.78 is 0. The molecule has 0 unspecified atom stereocenters. The Balaban J connectivity index is 1.79. The van der Waals surface area contributed by atoms with Gasteiger partial charge >= 0.3 is 0 Å². The molecule has 2 heterocycles. The van der Waals surface area contributed by atoms with Gasteiger partial charge in [-0.3, -0.25) is 4.79 Å². The number of benzene rings is 1. The molecule has 1 saturated heterocycles. The predicted octanol–water partition coefficient (Wildman–Crippen LogP) is 3.38. The van der Waals surface area contributed by atoms with E-state index in [9.17, 15) is 4.79 Å². The van der Waals surface area contributed by atoms with Gasteiger partial charge in [-0.25, -0.2) is 4.98 Å². The van der Waals surface area contributed by atoms with E-state index in [1.54, 1.807) is 0 Å². The van der Waals surface area contributed by atoms with Crippen molar-refractivity contribution in [2.75, 3.05) is 25.5 Å². The van der Waals surface area contributed by atoms with Crippen LogP contribution >= 0.6 is 11.3 Å². The Bertz CT molecular complexity index is 655. The van der Waals surface area contributed by atoms with Crippen LogP contribution in [0.5, 0.6) is 0 Å². The van der Waals surface area contributed by atoms with Gasteiger partial charge in [0, 0.05) is 30.9 Å². The molecule has 116 valence electrons. The van der Waals surface area contributed by atoms with E-state index in [0.29, 0.717) is 5.69 Å². The fourth-order valence-corrected chi connectivity index (χ4v) is 3.78. The second kappa shape index (κ2) is 6.08. The molecule has 1 N–H and O–H groups in total. The normalized spacial score (nSPS) is 21.6. The maximum absolute atomic E-state index is 12.7. The number of piperidine rings is 1. The van der Waals surface area contributed by atoms with Gasteiger partial charge in [-0.2, -0.15) is 0 Å². The molecular formula is C17H21N3OS. The summed E-state index contributed by atoms with van der Waals surface area (Å²) in [5.74, 6) is 0.0413. The van der Waals surface area contributed by atoms with Crippen molar-refractivity contribution >= 4 is 22.4 Å². The molecular weight excluding hydrogens is 294 g/mol. The van der Waals surface area contributed by atoms with E-state index >= 15 is 0 Å². The molecule has 0 spiro atoms. The minimum atomic E-state index is 0.0248. The topological polar surface area (TPSA) is 45.2 Å². The van der Waals surface area contributed by atoms with Crippen molar-refractivity contribution < 1.29 is 4.79 Å². The third kappa shape index (κ3) is 2.86. The van der Waals surface area contributed by atoms with Crippen LogP contribution in [0.1, 0.15) is 35.8 Å². The van der Waals surface area contributed by atoms with E-state index < -0.39 is 0 Å². The zero-order chi connectivity index (χ0) is 15.6. The number of carbonyl (C=O) groups excluding carboxylic acids is 1. The lowest BCUT2D eigenvalue weighted by Crippen LogP contribution is -2.47. The highest BCUT2D eigenvalue weighted by Crippen LogP contribution is 2.34. The summed E-state index contributed by atoms with van der Waals surface area (Å²) in [5.41, 5.74) is 1.88. The minimum Gasteiger partial charge on any atom is -0.365 e. The Morgan fingerprint density at radius 1 is 1.36 bits per heavy atom. The molecule has 22 heavy (non-hydrogen) atoms. The van der Waals surface area contributed by atoms with Gasteiger partial charge in [0.25, 0.3) is 5.91 Å². The fraction of sp³-hybridized carbons (Fsp3) is 0.412. The Morgan fingerprint density at radius 3 is 2.82 bits per heavy atom. The molecule has 0 aliphatic carbocycles. The monoisotopic (exact) mass is 315 g/mol. The second-order valence-electron chi connectivity index (χ2n) is 6.04. The van der Waals surface area contributed by atoms with Gasteiger partial charge in [0.15, 0.2) is 5.13 Å². The molecule has 0 radical (unpaired) electrons. The van der Waals surface area contributed by atoms with Crippen LogP contribution in [0.2, 0.25) is 0 Å². The first-order valence-corrected chi connectivity index (χ1v) is 8.48. The summed E-state index contributed by atoms with van der Waals surface area (Å²) in [7, 11) is 1.82.